The number of halogens is 1. The van der Waals surface area contributed by atoms with E-state index < -0.39 is 0 Å². The van der Waals surface area contributed by atoms with E-state index in [9.17, 15) is 4.79 Å². The van der Waals surface area contributed by atoms with Crippen LogP contribution in [0.4, 0.5) is 0 Å². The zero-order chi connectivity index (χ0) is 22.5. The van der Waals surface area contributed by atoms with Crippen LogP contribution in [-0.2, 0) is 9.63 Å². The molecular weight excluding hydrogens is 428 g/mol. The Kier molecular flexibility index (Phi) is 7.07. The third-order valence-corrected chi connectivity index (χ3v) is 5.90. The van der Waals surface area contributed by atoms with Crippen molar-refractivity contribution in [1.82, 2.24) is 10.4 Å². The molecule has 32 heavy (non-hydrogen) atoms. The van der Waals surface area contributed by atoms with Crippen LogP contribution in [0.25, 0.3) is 0 Å². The molecule has 2 aliphatic heterocycles. The zero-order valence-corrected chi connectivity index (χ0v) is 19.0. The van der Waals surface area contributed by atoms with Crippen LogP contribution in [-0.4, -0.2) is 54.8 Å². The lowest BCUT2D eigenvalue weighted by Crippen LogP contribution is -2.42. The maximum absolute atomic E-state index is 12.5. The lowest BCUT2D eigenvalue weighted by molar-refractivity contribution is -0.128. The number of ether oxygens (including phenoxy) is 1. The Morgan fingerprint density at radius 2 is 2.16 bits per heavy atom. The Hall–Kier alpha value is -2.90. The van der Waals surface area contributed by atoms with Gasteiger partial charge in [-0.25, -0.2) is 4.99 Å². The van der Waals surface area contributed by atoms with Gasteiger partial charge in [0.1, 0.15) is 5.75 Å². The highest BCUT2D eigenvalue weighted by Gasteiger charge is 2.31. The molecule has 2 aliphatic rings. The summed E-state index contributed by atoms with van der Waals surface area (Å²) < 4.78 is 5.28. The maximum atomic E-state index is 12.5. The first kappa shape index (κ1) is 22.3. The van der Waals surface area contributed by atoms with Gasteiger partial charge in [-0.3, -0.25) is 9.79 Å². The fourth-order valence-corrected chi connectivity index (χ4v) is 4.17. The van der Waals surface area contributed by atoms with Gasteiger partial charge in [-0.15, -0.1) is 5.48 Å². The van der Waals surface area contributed by atoms with E-state index >= 15 is 0 Å². The summed E-state index contributed by atoms with van der Waals surface area (Å²) >= 11 is 6.10. The molecule has 0 radical (unpaired) electrons. The number of nitrogens with zero attached hydrogens (tertiary/aromatic N) is 3. The number of carbonyl (C=O) groups excluding carboxylic acids is 1. The van der Waals surface area contributed by atoms with Crippen LogP contribution < -0.4 is 10.2 Å². The molecule has 1 amide bonds. The van der Waals surface area contributed by atoms with Crippen molar-refractivity contribution in [2.45, 2.75) is 38.4 Å². The first-order valence-electron chi connectivity index (χ1n) is 10.8. The lowest BCUT2D eigenvalue weighted by atomic mass is 9.99. The van der Waals surface area contributed by atoms with Crippen molar-refractivity contribution in [2.24, 2.45) is 9.98 Å². The predicted octanol–water partition coefficient (Wildman–Crippen LogP) is 3.85. The van der Waals surface area contributed by atoms with Gasteiger partial charge in [-0.2, -0.15) is 0 Å². The van der Waals surface area contributed by atoms with E-state index in [0.29, 0.717) is 23.9 Å². The van der Waals surface area contributed by atoms with Gasteiger partial charge in [0.25, 0.3) is 0 Å². The van der Waals surface area contributed by atoms with Crippen LogP contribution >= 0.6 is 11.6 Å². The number of aliphatic imine (C=N–C) groups is 2. The monoisotopic (exact) mass is 454 g/mol. The van der Waals surface area contributed by atoms with E-state index in [2.05, 4.69) is 17.4 Å². The molecule has 0 saturated carbocycles. The average Bonchev–Trinajstić information content (AvgIpc) is 3.47. The largest absolute Gasteiger partial charge is 0.497 e. The molecule has 0 aromatic heterocycles. The van der Waals surface area contributed by atoms with Crippen LogP contribution in [0.2, 0.25) is 5.02 Å². The van der Waals surface area contributed by atoms with Gasteiger partial charge in [0.05, 0.1) is 25.4 Å². The van der Waals surface area contributed by atoms with Crippen molar-refractivity contribution in [2.75, 3.05) is 20.2 Å². The number of hydrogen-bond acceptors (Lipinski definition) is 6. The van der Waals surface area contributed by atoms with E-state index in [1.54, 1.807) is 7.11 Å². The number of hydroxylamine groups is 1. The molecule has 1 saturated heterocycles. The van der Waals surface area contributed by atoms with E-state index in [4.69, 9.17) is 26.2 Å². The van der Waals surface area contributed by atoms with Crippen molar-refractivity contribution in [3.05, 3.63) is 64.7 Å². The Morgan fingerprint density at radius 3 is 2.84 bits per heavy atom. The smallest absolute Gasteiger partial charge is 0.242 e. The molecule has 8 heteroatoms. The van der Waals surface area contributed by atoms with Crippen molar-refractivity contribution in [1.29, 1.82) is 0 Å². The van der Waals surface area contributed by atoms with Crippen molar-refractivity contribution in [3.63, 3.8) is 0 Å². The highest BCUT2D eigenvalue weighted by molar-refractivity contribution is 6.30. The Labute approximate surface area is 193 Å². The summed E-state index contributed by atoms with van der Waals surface area (Å²) in [5, 5.41) is 0.664. The molecule has 168 valence electrons. The predicted molar refractivity (Wildman–Crippen MR) is 125 cm³/mol. The number of benzene rings is 2. The number of rotatable bonds is 8. The highest BCUT2D eigenvalue weighted by atomic mass is 35.5. The first-order valence-corrected chi connectivity index (χ1v) is 11.2. The quantitative estimate of drug-likeness (QED) is 0.615. The third kappa shape index (κ3) is 4.95. The Bertz CT molecular complexity index is 1020. The number of carbonyl (C=O) groups is 1. The minimum Gasteiger partial charge on any atom is -0.497 e. The summed E-state index contributed by atoms with van der Waals surface area (Å²) in [4.78, 5) is 29.6. The van der Waals surface area contributed by atoms with E-state index in [1.807, 2.05) is 53.4 Å². The average molecular weight is 455 g/mol. The van der Waals surface area contributed by atoms with Crippen LogP contribution in [0.1, 0.15) is 37.3 Å². The van der Waals surface area contributed by atoms with Gasteiger partial charge in [-0.1, -0.05) is 36.7 Å². The van der Waals surface area contributed by atoms with Gasteiger partial charge >= 0.3 is 0 Å². The molecular formula is C24H27ClN4O3. The zero-order valence-electron chi connectivity index (χ0n) is 18.3. The molecule has 2 aromatic carbocycles. The Morgan fingerprint density at radius 1 is 1.34 bits per heavy atom. The standard InChI is InChI=1S/C24H27ClN4O3/c1-3-20(29-13-5-8-22(29)30)23(16-9-11-18(25)12-10-16)26-15-21-27-24(32-28-21)17-6-4-7-19(14-17)31-2/h4,6-7,9-12,14,20-21,28H,3,5,8,13,15H2,1-2H3. The van der Waals surface area contributed by atoms with Gasteiger partial charge in [0, 0.05) is 23.6 Å². The number of methoxy groups -OCH3 is 1. The van der Waals surface area contributed by atoms with E-state index in [0.717, 1.165) is 42.0 Å². The van der Waals surface area contributed by atoms with Crippen molar-refractivity contribution >= 4 is 29.1 Å². The minimum absolute atomic E-state index is 0.0877. The van der Waals surface area contributed by atoms with Gasteiger partial charge in [0.2, 0.25) is 11.8 Å². The third-order valence-electron chi connectivity index (χ3n) is 5.64. The van der Waals surface area contributed by atoms with Crippen molar-refractivity contribution < 1.29 is 14.4 Å². The first-order chi connectivity index (χ1) is 15.6. The van der Waals surface area contributed by atoms with E-state index in [1.165, 1.54) is 0 Å². The minimum atomic E-state index is -0.328. The molecule has 4 rings (SSSR count). The fraction of sp³-hybridized carbons (Fsp3) is 0.375. The number of hydrogen-bond donors (Lipinski definition) is 1. The highest BCUT2D eigenvalue weighted by Crippen LogP contribution is 2.22. The van der Waals surface area contributed by atoms with Crippen LogP contribution in [0.15, 0.2) is 58.5 Å². The molecule has 0 spiro atoms. The Balaban J connectivity index is 1.58. The number of likely N-dealkylation sites (tertiary alicyclic amines) is 1. The topological polar surface area (TPSA) is 75.5 Å². The van der Waals surface area contributed by atoms with Crippen molar-refractivity contribution in [3.8, 4) is 5.75 Å². The van der Waals surface area contributed by atoms with Gasteiger partial charge in [-0.05, 0) is 48.7 Å². The second-order valence-electron chi connectivity index (χ2n) is 7.75. The maximum Gasteiger partial charge on any atom is 0.242 e. The summed E-state index contributed by atoms with van der Waals surface area (Å²) in [6.45, 7) is 3.22. The summed E-state index contributed by atoms with van der Waals surface area (Å²) in [6.07, 6.45) is 1.93. The molecule has 2 aromatic rings. The number of amides is 1. The van der Waals surface area contributed by atoms with E-state index in [-0.39, 0.29) is 18.1 Å². The molecule has 1 fully saturated rings. The second kappa shape index (κ2) is 10.1. The SMILES string of the molecule is CCC(C(=NCC1N=C(c2cccc(OC)c2)ON1)c1ccc(Cl)cc1)N1CCCC1=O. The molecule has 1 N–H and O–H groups in total. The van der Waals surface area contributed by atoms with Gasteiger partial charge in [0.15, 0.2) is 6.17 Å². The molecule has 0 aliphatic carbocycles. The molecule has 2 heterocycles. The normalized spacial score (nSPS) is 19.7. The summed E-state index contributed by atoms with van der Waals surface area (Å²) in [6, 6.07) is 15.1. The van der Waals surface area contributed by atoms with Gasteiger partial charge < -0.3 is 14.5 Å². The summed E-state index contributed by atoms with van der Waals surface area (Å²) in [5.74, 6) is 1.42. The van der Waals surface area contributed by atoms with Crippen LogP contribution in [0.3, 0.4) is 0 Å². The molecule has 7 nitrogen and oxygen atoms in total. The number of nitrogens with one attached hydrogen (secondary N) is 1. The fourth-order valence-electron chi connectivity index (χ4n) is 4.04. The van der Waals surface area contributed by atoms with Crippen LogP contribution in [0.5, 0.6) is 5.75 Å². The summed E-state index contributed by atoms with van der Waals surface area (Å²) in [5.41, 5.74) is 5.59. The lowest BCUT2D eigenvalue weighted by Gasteiger charge is -2.28. The molecule has 2 unspecified atom stereocenters. The van der Waals surface area contributed by atoms with Crippen LogP contribution in [0, 0.1) is 0 Å². The molecule has 0 bridgehead atoms. The summed E-state index contributed by atoms with van der Waals surface area (Å²) in [7, 11) is 1.62. The second-order valence-corrected chi connectivity index (χ2v) is 8.19. The molecule has 2 atom stereocenters.